The smallest absolute Gasteiger partial charge is 0.222 e. The van der Waals surface area contributed by atoms with Crippen molar-refractivity contribution < 1.29 is 9.59 Å². The van der Waals surface area contributed by atoms with Gasteiger partial charge < -0.3 is 9.47 Å². The third-order valence-electron chi connectivity index (χ3n) is 4.72. The van der Waals surface area contributed by atoms with Crippen molar-refractivity contribution in [2.75, 3.05) is 26.2 Å². The molecular formula is C18H23N3O2. The van der Waals surface area contributed by atoms with E-state index in [2.05, 4.69) is 11.0 Å². The van der Waals surface area contributed by atoms with E-state index in [9.17, 15) is 9.59 Å². The van der Waals surface area contributed by atoms with E-state index >= 15 is 0 Å². The number of amides is 1. The van der Waals surface area contributed by atoms with Crippen molar-refractivity contribution >= 4 is 23.1 Å². The van der Waals surface area contributed by atoms with Crippen LogP contribution in [-0.4, -0.2) is 52.7 Å². The highest BCUT2D eigenvalue weighted by Gasteiger charge is 2.20. The number of hydrogen-bond donors (Lipinski definition) is 0. The second-order valence-corrected chi connectivity index (χ2v) is 6.11. The predicted molar refractivity (Wildman–Crippen MR) is 90.5 cm³/mol. The zero-order valence-corrected chi connectivity index (χ0v) is 13.8. The molecule has 0 unspecified atom stereocenters. The molecule has 1 aliphatic rings. The number of para-hydroxylation sites is 1. The standard InChI is InChI=1S/C18H23N3O2/c1-3-17(23)21-9-7-20(8-10-21)12-15-6-4-5-14-11-16(13-22)19(2)18(14)15/h4-6,11,13H,3,7-10,12H2,1-2H3. The molecule has 2 aromatic rings. The molecule has 0 atom stereocenters. The zero-order valence-electron chi connectivity index (χ0n) is 13.8. The number of piperazine rings is 1. The van der Waals surface area contributed by atoms with Crippen molar-refractivity contribution in [2.24, 2.45) is 7.05 Å². The summed E-state index contributed by atoms with van der Waals surface area (Å²) >= 11 is 0. The van der Waals surface area contributed by atoms with E-state index < -0.39 is 0 Å². The lowest BCUT2D eigenvalue weighted by Crippen LogP contribution is -2.48. The number of carbonyl (C=O) groups excluding carboxylic acids is 2. The molecule has 0 bridgehead atoms. The van der Waals surface area contributed by atoms with Crippen LogP contribution in [0.5, 0.6) is 0 Å². The van der Waals surface area contributed by atoms with Gasteiger partial charge in [-0.05, 0) is 11.6 Å². The van der Waals surface area contributed by atoms with E-state index in [1.165, 1.54) is 5.56 Å². The summed E-state index contributed by atoms with van der Waals surface area (Å²) in [5.41, 5.74) is 3.06. The molecule has 1 fully saturated rings. The largest absolute Gasteiger partial charge is 0.341 e. The molecule has 1 saturated heterocycles. The van der Waals surface area contributed by atoms with E-state index in [4.69, 9.17) is 0 Å². The molecule has 3 rings (SSSR count). The topological polar surface area (TPSA) is 45.6 Å². The summed E-state index contributed by atoms with van der Waals surface area (Å²) in [6.07, 6.45) is 1.48. The summed E-state index contributed by atoms with van der Waals surface area (Å²) in [4.78, 5) is 27.2. The minimum absolute atomic E-state index is 0.241. The number of fused-ring (bicyclic) bond motifs is 1. The van der Waals surface area contributed by atoms with Gasteiger partial charge in [-0.25, -0.2) is 0 Å². The molecule has 0 spiro atoms. The number of aldehydes is 1. The molecular weight excluding hydrogens is 290 g/mol. The van der Waals surface area contributed by atoms with Gasteiger partial charge in [0.1, 0.15) is 0 Å². The number of aryl methyl sites for hydroxylation is 1. The molecule has 1 aromatic carbocycles. The van der Waals surface area contributed by atoms with Crippen LogP contribution in [0.3, 0.4) is 0 Å². The van der Waals surface area contributed by atoms with Crippen LogP contribution in [0.25, 0.3) is 10.9 Å². The SMILES string of the molecule is CCC(=O)N1CCN(Cc2cccc3cc(C=O)n(C)c23)CC1. The summed E-state index contributed by atoms with van der Waals surface area (Å²) in [5.74, 6) is 0.241. The van der Waals surface area contributed by atoms with Crippen LogP contribution >= 0.6 is 0 Å². The minimum Gasteiger partial charge on any atom is -0.341 e. The summed E-state index contributed by atoms with van der Waals surface area (Å²) in [5, 5.41) is 1.10. The molecule has 122 valence electrons. The maximum atomic E-state index is 11.8. The van der Waals surface area contributed by atoms with E-state index in [-0.39, 0.29) is 5.91 Å². The van der Waals surface area contributed by atoms with Crippen molar-refractivity contribution in [3.8, 4) is 0 Å². The molecule has 2 heterocycles. The highest BCUT2D eigenvalue weighted by atomic mass is 16.2. The summed E-state index contributed by atoms with van der Waals surface area (Å²) in [6, 6.07) is 8.15. The predicted octanol–water partition coefficient (Wildman–Crippen LogP) is 2.04. The van der Waals surface area contributed by atoms with E-state index in [1.807, 2.05) is 41.6 Å². The van der Waals surface area contributed by atoms with Gasteiger partial charge in [-0.15, -0.1) is 0 Å². The van der Waals surface area contributed by atoms with Gasteiger partial charge in [-0.2, -0.15) is 0 Å². The maximum Gasteiger partial charge on any atom is 0.222 e. The lowest BCUT2D eigenvalue weighted by molar-refractivity contribution is -0.132. The minimum atomic E-state index is 0.241. The first-order valence-electron chi connectivity index (χ1n) is 8.16. The second-order valence-electron chi connectivity index (χ2n) is 6.11. The van der Waals surface area contributed by atoms with Gasteiger partial charge in [-0.3, -0.25) is 14.5 Å². The van der Waals surface area contributed by atoms with Crippen LogP contribution in [0.15, 0.2) is 24.3 Å². The molecule has 5 nitrogen and oxygen atoms in total. The van der Waals surface area contributed by atoms with Crippen molar-refractivity contribution in [1.82, 2.24) is 14.4 Å². The van der Waals surface area contributed by atoms with Crippen molar-refractivity contribution in [3.63, 3.8) is 0 Å². The first-order valence-corrected chi connectivity index (χ1v) is 8.16. The van der Waals surface area contributed by atoms with Crippen LogP contribution in [0.2, 0.25) is 0 Å². The van der Waals surface area contributed by atoms with Crippen LogP contribution < -0.4 is 0 Å². The molecule has 0 radical (unpaired) electrons. The highest BCUT2D eigenvalue weighted by Crippen LogP contribution is 2.23. The molecule has 0 saturated carbocycles. The molecule has 1 aliphatic heterocycles. The quantitative estimate of drug-likeness (QED) is 0.812. The van der Waals surface area contributed by atoms with Gasteiger partial charge in [0.2, 0.25) is 5.91 Å². The average Bonchev–Trinajstić information content (AvgIpc) is 2.92. The first kappa shape index (κ1) is 15.7. The summed E-state index contributed by atoms with van der Waals surface area (Å²) in [6.45, 7) is 6.15. The Balaban J connectivity index is 1.77. The van der Waals surface area contributed by atoms with E-state index in [0.717, 1.165) is 49.9 Å². The fourth-order valence-corrected chi connectivity index (χ4v) is 3.38. The molecule has 1 amide bonds. The number of rotatable bonds is 4. The number of carbonyl (C=O) groups is 2. The Morgan fingerprint density at radius 1 is 1.22 bits per heavy atom. The number of hydrogen-bond acceptors (Lipinski definition) is 3. The molecule has 5 heteroatoms. The Morgan fingerprint density at radius 2 is 1.96 bits per heavy atom. The third-order valence-corrected chi connectivity index (χ3v) is 4.72. The van der Waals surface area contributed by atoms with Gasteiger partial charge >= 0.3 is 0 Å². The zero-order chi connectivity index (χ0) is 16.4. The molecule has 0 aliphatic carbocycles. The van der Waals surface area contributed by atoms with Gasteiger partial charge in [0, 0.05) is 51.6 Å². The molecule has 0 N–H and O–H groups in total. The monoisotopic (exact) mass is 313 g/mol. The van der Waals surface area contributed by atoms with Crippen molar-refractivity contribution in [3.05, 3.63) is 35.5 Å². The van der Waals surface area contributed by atoms with Gasteiger partial charge in [0.15, 0.2) is 6.29 Å². The number of aromatic nitrogens is 1. The third kappa shape index (κ3) is 3.01. The lowest BCUT2D eigenvalue weighted by Gasteiger charge is -2.34. The molecule has 23 heavy (non-hydrogen) atoms. The normalized spacial score (nSPS) is 16.0. The maximum absolute atomic E-state index is 11.8. The van der Waals surface area contributed by atoms with Gasteiger partial charge in [0.25, 0.3) is 0 Å². The Kier molecular flexibility index (Phi) is 4.48. The fourth-order valence-electron chi connectivity index (χ4n) is 3.38. The second kappa shape index (κ2) is 6.54. The fraction of sp³-hybridized carbons (Fsp3) is 0.444. The van der Waals surface area contributed by atoms with Crippen LogP contribution in [-0.2, 0) is 18.4 Å². The van der Waals surface area contributed by atoms with Gasteiger partial charge in [0.05, 0.1) is 11.2 Å². The van der Waals surface area contributed by atoms with Gasteiger partial charge in [-0.1, -0.05) is 25.1 Å². The van der Waals surface area contributed by atoms with Crippen molar-refractivity contribution in [2.45, 2.75) is 19.9 Å². The Labute approximate surface area is 136 Å². The Morgan fingerprint density at radius 3 is 2.61 bits per heavy atom. The molecule has 1 aromatic heterocycles. The van der Waals surface area contributed by atoms with Crippen LogP contribution in [0.1, 0.15) is 29.4 Å². The first-order chi connectivity index (χ1) is 11.1. The Bertz CT molecular complexity index is 727. The highest BCUT2D eigenvalue weighted by molar-refractivity contribution is 5.90. The lowest BCUT2D eigenvalue weighted by atomic mass is 10.1. The number of benzene rings is 1. The van der Waals surface area contributed by atoms with Crippen LogP contribution in [0.4, 0.5) is 0 Å². The Hall–Kier alpha value is -2.14. The number of nitrogens with zero attached hydrogens (tertiary/aromatic N) is 3. The van der Waals surface area contributed by atoms with E-state index in [0.29, 0.717) is 12.1 Å². The summed E-state index contributed by atoms with van der Waals surface area (Å²) < 4.78 is 1.97. The average molecular weight is 313 g/mol. The van der Waals surface area contributed by atoms with Crippen molar-refractivity contribution in [1.29, 1.82) is 0 Å². The van der Waals surface area contributed by atoms with Crippen LogP contribution in [0, 0.1) is 0 Å². The van der Waals surface area contributed by atoms with E-state index in [1.54, 1.807) is 0 Å². The summed E-state index contributed by atoms with van der Waals surface area (Å²) in [7, 11) is 1.94.